The molecule has 0 fully saturated rings. The van der Waals surface area contributed by atoms with Gasteiger partial charge in [-0.05, 0) is 110 Å². The maximum absolute atomic E-state index is 7.08. The Morgan fingerprint density at radius 3 is 1.19 bits per heavy atom. The second-order valence-electron chi connectivity index (χ2n) is 15.8. The Bertz CT molecular complexity index is 3830. The summed E-state index contributed by atoms with van der Waals surface area (Å²) in [6.45, 7) is 0. The van der Waals surface area contributed by atoms with Crippen LogP contribution >= 0.6 is 0 Å². The van der Waals surface area contributed by atoms with Crippen molar-refractivity contribution >= 4 is 97.3 Å². The third kappa shape index (κ3) is 4.56. The first-order chi connectivity index (χ1) is 29.3. The lowest BCUT2D eigenvalue weighted by molar-refractivity contribution is 0.677. The maximum Gasteiger partial charge on any atom is 0.143 e. The Labute approximate surface area is 340 Å². The van der Waals surface area contributed by atoms with Crippen molar-refractivity contribution in [1.82, 2.24) is 0 Å². The van der Waals surface area contributed by atoms with Crippen LogP contribution in [-0.2, 0) is 0 Å². The van der Waals surface area contributed by atoms with Crippen molar-refractivity contribution < 1.29 is 4.42 Å². The van der Waals surface area contributed by atoms with Crippen LogP contribution in [0.15, 0.2) is 211 Å². The van der Waals surface area contributed by atoms with Crippen molar-refractivity contribution in [2.75, 3.05) is 0 Å². The molecule has 0 saturated heterocycles. The van der Waals surface area contributed by atoms with Crippen molar-refractivity contribution in [3.8, 4) is 33.4 Å². The van der Waals surface area contributed by atoms with Crippen LogP contribution in [0.3, 0.4) is 0 Å². The van der Waals surface area contributed by atoms with Crippen LogP contribution in [0.1, 0.15) is 0 Å². The van der Waals surface area contributed by atoms with Crippen LogP contribution in [-0.4, -0.2) is 0 Å². The first-order valence-corrected chi connectivity index (χ1v) is 20.4. The first-order valence-electron chi connectivity index (χ1n) is 20.4. The van der Waals surface area contributed by atoms with Crippen molar-refractivity contribution in [1.29, 1.82) is 0 Å². The molecule has 1 heteroatoms. The number of furan rings is 1. The molecular formula is C58H34O. The molecule has 13 aromatic rings. The maximum atomic E-state index is 7.08. The number of hydrogen-bond donors (Lipinski definition) is 0. The highest BCUT2D eigenvalue weighted by atomic mass is 16.3. The van der Waals surface area contributed by atoms with Crippen LogP contribution < -0.4 is 0 Å². The zero-order chi connectivity index (χ0) is 38.6. The summed E-state index contributed by atoms with van der Waals surface area (Å²) >= 11 is 0. The van der Waals surface area contributed by atoms with Gasteiger partial charge in [-0.25, -0.2) is 0 Å². The lowest BCUT2D eigenvalue weighted by Gasteiger charge is -2.19. The lowest BCUT2D eigenvalue weighted by atomic mass is 9.83. The molecule has 0 unspecified atom stereocenters. The van der Waals surface area contributed by atoms with E-state index < -0.39 is 0 Å². The molecule has 0 amide bonds. The minimum atomic E-state index is 0.944. The van der Waals surface area contributed by atoms with Crippen LogP contribution in [0.2, 0.25) is 0 Å². The third-order valence-electron chi connectivity index (χ3n) is 12.8. The largest absolute Gasteiger partial charge is 0.455 e. The van der Waals surface area contributed by atoms with Gasteiger partial charge in [-0.1, -0.05) is 194 Å². The van der Waals surface area contributed by atoms with E-state index in [1.165, 1.54) is 109 Å². The Morgan fingerprint density at radius 1 is 0.220 bits per heavy atom. The molecule has 0 saturated carbocycles. The highest BCUT2D eigenvalue weighted by molar-refractivity contribution is 6.38. The van der Waals surface area contributed by atoms with E-state index in [4.69, 9.17) is 4.42 Å². The molecule has 0 atom stereocenters. The van der Waals surface area contributed by atoms with Crippen LogP contribution in [0.25, 0.3) is 131 Å². The van der Waals surface area contributed by atoms with E-state index in [0.717, 1.165) is 21.9 Å². The van der Waals surface area contributed by atoms with Crippen LogP contribution in [0.4, 0.5) is 0 Å². The van der Waals surface area contributed by atoms with Crippen molar-refractivity contribution in [3.63, 3.8) is 0 Å². The number of rotatable bonds is 3. The van der Waals surface area contributed by atoms with Gasteiger partial charge >= 0.3 is 0 Å². The number of hydrogen-bond acceptors (Lipinski definition) is 1. The topological polar surface area (TPSA) is 13.1 Å². The van der Waals surface area contributed by atoms with E-state index >= 15 is 0 Å². The molecule has 272 valence electrons. The molecular weight excluding hydrogens is 713 g/mol. The van der Waals surface area contributed by atoms with Gasteiger partial charge in [-0.3, -0.25) is 0 Å². The predicted molar refractivity (Wildman–Crippen MR) is 253 cm³/mol. The fourth-order valence-corrected chi connectivity index (χ4v) is 10.3. The van der Waals surface area contributed by atoms with Crippen LogP contribution in [0, 0.1) is 0 Å². The highest BCUT2D eigenvalue weighted by Gasteiger charge is 2.22. The fraction of sp³-hybridized carbons (Fsp3) is 0. The zero-order valence-corrected chi connectivity index (χ0v) is 32.0. The molecule has 12 aromatic carbocycles. The molecule has 0 spiro atoms. The van der Waals surface area contributed by atoms with Crippen molar-refractivity contribution in [2.24, 2.45) is 0 Å². The quantitative estimate of drug-likeness (QED) is 0.130. The van der Waals surface area contributed by atoms with Gasteiger partial charge in [0.25, 0.3) is 0 Å². The van der Waals surface area contributed by atoms with E-state index in [1.54, 1.807) is 0 Å². The Hall–Kier alpha value is -7.74. The van der Waals surface area contributed by atoms with Crippen molar-refractivity contribution in [2.45, 2.75) is 0 Å². The summed E-state index contributed by atoms with van der Waals surface area (Å²) in [5.74, 6) is 0. The molecule has 0 radical (unpaired) electrons. The van der Waals surface area contributed by atoms with Gasteiger partial charge in [-0.15, -0.1) is 0 Å². The molecule has 1 nitrogen and oxygen atoms in total. The van der Waals surface area contributed by atoms with E-state index in [0.29, 0.717) is 0 Å². The number of benzene rings is 12. The number of fused-ring (bicyclic) bond motifs is 16. The molecule has 0 aliphatic rings. The van der Waals surface area contributed by atoms with E-state index in [-0.39, 0.29) is 0 Å². The summed E-state index contributed by atoms with van der Waals surface area (Å²) in [5, 5.41) is 19.5. The van der Waals surface area contributed by atoms with Gasteiger partial charge in [0.05, 0.1) is 0 Å². The minimum Gasteiger partial charge on any atom is -0.455 e. The smallest absolute Gasteiger partial charge is 0.143 e. The highest BCUT2D eigenvalue weighted by Crippen LogP contribution is 2.49. The van der Waals surface area contributed by atoms with E-state index in [9.17, 15) is 0 Å². The Morgan fingerprint density at radius 2 is 0.610 bits per heavy atom. The molecule has 0 aliphatic heterocycles. The molecule has 0 bridgehead atoms. The van der Waals surface area contributed by atoms with Crippen LogP contribution in [0.5, 0.6) is 0 Å². The summed E-state index contributed by atoms with van der Waals surface area (Å²) in [6, 6.07) is 75.6. The first kappa shape index (κ1) is 32.4. The van der Waals surface area contributed by atoms with Gasteiger partial charge < -0.3 is 4.42 Å². The predicted octanol–water partition coefficient (Wildman–Crippen LogP) is 16.7. The Balaban J connectivity index is 1.08. The average Bonchev–Trinajstić information content (AvgIpc) is 3.73. The van der Waals surface area contributed by atoms with Crippen molar-refractivity contribution in [3.05, 3.63) is 206 Å². The standard InChI is InChI=1S/C58H34O/c1-2-16-35(17-3-1)53-45-25-11-13-27-47(45)54(48-28-14-12-26-46(48)53)49-33-32-37(38-18-4-5-19-39(38)49)36-30-31-51-52(34-36)42-22-7-10-24-44(42)56-55-43-23-9-6-20-40(43)41-21-8-15-29-50(41)57(55)59-58(51)56/h1-34H. The monoisotopic (exact) mass is 746 g/mol. The molecule has 1 aromatic heterocycles. The molecule has 0 aliphatic carbocycles. The minimum absolute atomic E-state index is 0.944. The summed E-state index contributed by atoms with van der Waals surface area (Å²) in [6.07, 6.45) is 0. The summed E-state index contributed by atoms with van der Waals surface area (Å²) in [7, 11) is 0. The normalized spacial score (nSPS) is 12.1. The van der Waals surface area contributed by atoms with Gasteiger partial charge in [0.2, 0.25) is 0 Å². The summed E-state index contributed by atoms with van der Waals surface area (Å²) in [4.78, 5) is 0. The molecule has 59 heavy (non-hydrogen) atoms. The zero-order valence-electron chi connectivity index (χ0n) is 32.0. The lowest BCUT2D eigenvalue weighted by Crippen LogP contribution is -1.92. The fourth-order valence-electron chi connectivity index (χ4n) is 10.3. The molecule has 13 rings (SSSR count). The van der Waals surface area contributed by atoms with Gasteiger partial charge in [0, 0.05) is 21.5 Å². The van der Waals surface area contributed by atoms with Gasteiger partial charge in [0.15, 0.2) is 0 Å². The summed E-state index contributed by atoms with van der Waals surface area (Å²) < 4.78 is 7.08. The van der Waals surface area contributed by atoms with Gasteiger partial charge in [0.1, 0.15) is 11.2 Å². The summed E-state index contributed by atoms with van der Waals surface area (Å²) in [5.41, 5.74) is 9.33. The van der Waals surface area contributed by atoms with E-state index in [2.05, 4.69) is 206 Å². The van der Waals surface area contributed by atoms with E-state index in [1.807, 2.05) is 0 Å². The average molecular weight is 747 g/mol. The van der Waals surface area contributed by atoms with Gasteiger partial charge in [-0.2, -0.15) is 0 Å². The molecule has 1 heterocycles. The second-order valence-corrected chi connectivity index (χ2v) is 15.8. The second kappa shape index (κ2) is 12.4. The molecule has 0 N–H and O–H groups in total. The SMILES string of the molecule is c1ccc(-c2c3ccccc3c(-c3ccc(-c4ccc5c(c4)c4ccccc4c4c5oc5c6ccccc6c6ccccc6c54)c4ccccc34)c3ccccc23)cc1. The Kier molecular flexibility index (Phi) is 6.79. The third-order valence-corrected chi connectivity index (χ3v) is 12.8.